The molecular weight excluding hydrogens is 430 g/mol. The van der Waals surface area contributed by atoms with Crippen LogP contribution in [0.3, 0.4) is 0 Å². The molecule has 2 heterocycles. The number of methoxy groups -OCH3 is 1. The third kappa shape index (κ3) is 5.12. The van der Waals surface area contributed by atoms with E-state index in [1.54, 1.807) is 49.6 Å². The number of nitrogens with one attached hydrogen (secondary N) is 1. The van der Waals surface area contributed by atoms with Crippen molar-refractivity contribution in [3.05, 3.63) is 59.0 Å². The minimum absolute atomic E-state index is 0.280. The number of amides is 3. The van der Waals surface area contributed by atoms with Crippen LogP contribution in [0.15, 0.2) is 53.4 Å². The van der Waals surface area contributed by atoms with Gasteiger partial charge in [-0.1, -0.05) is 12.1 Å². The van der Waals surface area contributed by atoms with Crippen LogP contribution in [0.1, 0.15) is 5.56 Å². The van der Waals surface area contributed by atoms with Crippen LogP contribution in [-0.2, 0) is 14.3 Å². The number of morpholine rings is 1. The second-order valence-electron chi connectivity index (χ2n) is 7.24. The summed E-state index contributed by atoms with van der Waals surface area (Å²) >= 11 is 0.824. The SMILES string of the molecule is COc1ccc(C=C2SC(=O)N(CC(=O)Nc3ccc(N4CCOCC4)cc3)C2=O)cc1. The summed E-state index contributed by atoms with van der Waals surface area (Å²) in [7, 11) is 1.57. The van der Waals surface area contributed by atoms with E-state index in [0.29, 0.717) is 24.7 Å². The Morgan fingerprint density at radius 1 is 1.09 bits per heavy atom. The highest BCUT2D eigenvalue weighted by Gasteiger charge is 2.36. The van der Waals surface area contributed by atoms with Gasteiger partial charge in [-0.3, -0.25) is 19.3 Å². The van der Waals surface area contributed by atoms with Crippen LogP contribution in [0, 0.1) is 0 Å². The zero-order chi connectivity index (χ0) is 22.5. The number of carbonyl (C=O) groups is 3. The maximum atomic E-state index is 12.6. The van der Waals surface area contributed by atoms with Crippen LogP contribution in [0.25, 0.3) is 6.08 Å². The lowest BCUT2D eigenvalue weighted by Gasteiger charge is -2.28. The van der Waals surface area contributed by atoms with Crippen LogP contribution in [0.2, 0.25) is 0 Å². The van der Waals surface area contributed by atoms with E-state index in [1.165, 1.54) is 0 Å². The van der Waals surface area contributed by atoms with Crippen LogP contribution in [0.4, 0.5) is 16.2 Å². The summed E-state index contributed by atoms with van der Waals surface area (Å²) in [6.45, 7) is 2.71. The zero-order valence-electron chi connectivity index (χ0n) is 17.6. The van der Waals surface area contributed by atoms with Crippen molar-refractivity contribution in [2.24, 2.45) is 0 Å². The molecule has 0 atom stereocenters. The average Bonchev–Trinajstić information content (AvgIpc) is 3.08. The van der Waals surface area contributed by atoms with Gasteiger partial charge in [-0.05, 0) is 59.8 Å². The Bertz CT molecular complexity index is 1030. The van der Waals surface area contributed by atoms with Crippen molar-refractivity contribution in [3.63, 3.8) is 0 Å². The topological polar surface area (TPSA) is 88.2 Å². The number of carbonyl (C=O) groups excluding carboxylic acids is 3. The first-order valence-electron chi connectivity index (χ1n) is 10.2. The number of hydrogen-bond donors (Lipinski definition) is 1. The molecule has 0 aromatic heterocycles. The molecule has 2 fully saturated rings. The third-order valence-corrected chi connectivity index (χ3v) is 6.02. The van der Waals surface area contributed by atoms with Crippen molar-refractivity contribution < 1.29 is 23.9 Å². The van der Waals surface area contributed by atoms with E-state index in [9.17, 15) is 14.4 Å². The summed E-state index contributed by atoms with van der Waals surface area (Å²) in [6, 6.07) is 14.6. The van der Waals surface area contributed by atoms with Crippen molar-refractivity contribution in [3.8, 4) is 5.75 Å². The summed E-state index contributed by atoms with van der Waals surface area (Å²) in [5.74, 6) is -0.212. The van der Waals surface area contributed by atoms with E-state index in [1.807, 2.05) is 12.1 Å². The highest BCUT2D eigenvalue weighted by Crippen LogP contribution is 2.32. The van der Waals surface area contributed by atoms with Gasteiger partial charge in [0, 0.05) is 24.5 Å². The Balaban J connectivity index is 1.35. The van der Waals surface area contributed by atoms with Gasteiger partial charge in [-0.25, -0.2) is 0 Å². The molecule has 1 N–H and O–H groups in total. The molecule has 8 nitrogen and oxygen atoms in total. The molecule has 0 saturated carbocycles. The molecule has 4 rings (SSSR count). The fourth-order valence-electron chi connectivity index (χ4n) is 3.41. The summed E-state index contributed by atoms with van der Waals surface area (Å²) in [5.41, 5.74) is 2.43. The van der Waals surface area contributed by atoms with Gasteiger partial charge in [0.15, 0.2) is 0 Å². The van der Waals surface area contributed by atoms with E-state index in [4.69, 9.17) is 9.47 Å². The molecule has 0 radical (unpaired) electrons. The molecule has 3 amide bonds. The van der Waals surface area contributed by atoms with Crippen molar-refractivity contribution in [1.29, 1.82) is 0 Å². The number of ether oxygens (including phenoxy) is 2. The smallest absolute Gasteiger partial charge is 0.294 e. The van der Waals surface area contributed by atoms with Crippen LogP contribution >= 0.6 is 11.8 Å². The van der Waals surface area contributed by atoms with E-state index < -0.39 is 17.1 Å². The highest BCUT2D eigenvalue weighted by molar-refractivity contribution is 8.18. The summed E-state index contributed by atoms with van der Waals surface area (Å²) < 4.78 is 10.5. The second-order valence-corrected chi connectivity index (χ2v) is 8.23. The highest BCUT2D eigenvalue weighted by atomic mass is 32.2. The van der Waals surface area contributed by atoms with Crippen molar-refractivity contribution in [1.82, 2.24) is 4.90 Å². The molecule has 166 valence electrons. The molecule has 32 heavy (non-hydrogen) atoms. The van der Waals surface area contributed by atoms with Crippen molar-refractivity contribution in [2.75, 3.05) is 50.2 Å². The summed E-state index contributed by atoms with van der Waals surface area (Å²) in [6.07, 6.45) is 1.63. The van der Waals surface area contributed by atoms with E-state index >= 15 is 0 Å². The second kappa shape index (κ2) is 9.88. The first-order chi connectivity index (χ1) is 15.5. The molecule has 2 saturated heterocycles. The fraction of sp³-hybridized carbons (Fsp3) is 0.261. The molecule has 2 aromatic carbocycles. The summed E-state index contributed by atoms with van der Waals surface area (Å²) in [5, 5.41) is 2.28. The monoisotopic (exact) mass is 453 g/mol. The normalized spacial score (nSPS) is 17.7. The predicted octanol–water partition coefficient (Wildman–Crippen LogP) is 3.21. The molecule has 2 aromatic rings. The Kier molecular flexibility index (Phi) is 6.77. The minimum atomic E-state index is -0.478. The van der Waals surface area contributed by atoms with Crippen molar-refractivity contribution in [2.45, 2.75) is 0 Å². The maximum Gasteiger partial charge on any atom is 0.294 e. The Morgan fingerprint density at radius 2 is 1.78 bits per heavy atom. The number of benzene rings is 2. The number of nitrogens with zero attached hydrogens (tertiary/aromatic N) is 2. The Hall–Kier alpha value is -3.30. The van der Waals surface area contributed by atoms with Gasteiger partial charge in [0.2, 0.25) is 5.91 Å². The average molecular weight is 454 g/mol. The predicted molar refractivity (Wildman–Crippen MR) is 124 cm³/mol. The van der Waals surface area contributed by atoms with Gasteiger partial charge in [0.1, 0.15) is 12.3 Å². The maximum absolute atomic E-state index is 12.6. The lowest BCUT2D eigenvalue weighted by atomic mass is 10.2. The standard InChI is InChI=1S/C23H23N3O5S/c1-30-19-8-2-16(3-9-19)14-20-22(28)26(23(29)32-20)15-21(27)24-17-4-6-18(7-5-17)25-10-12-31-13-11-25/h2-9,14H,10-13,15H2,1H3,(H,24,27). The first-order valence-corrected chi connectivity index (χ1v) is 11.0. The zero-order valence-corrected chi connectivity index (χ0v) is 18.4. The van der Waals surface area contributed by atoms with Gasteiger partial charge in [-0.2, -0.15) is 0 Å². The molecule has 2 aliphatic rings. The van der Waals surface area contributed by atoms with E-state index in [2.05, 4.69) is 10.2 Å². The number of thioether (sulfide) groups is 1. The molecule has 9 heteroatoms. The minimum Gasteiger partial charge on any atom is -0.497 e. The lowest BCUT2D eigenvalue weighted by Crippen LogP contribution is -2.36. The van der Waals surface area contributed by atoms with Gasteiger partial charge in [-0.15, -0.1) is 0 Å². The number of imide groups is 1. The van der Waals surface area contributed by atoms with E-state index in [0.717, 1.165) is 41.0 Å². The van der Waals surface area contributed by atoms with Crippen LogP contribution in [-0.4, -0.2) is 61.9 Å². The molecule has 2 aliphatic heterocycles. The van der Waals surface area contributed by atoms with E-state index in [-0.39, 0.29) is 11.4 Å². The van der Waals surface area contributed by atoms with Crippen LogP contribution in [0.5, 0.6) is 5.75 Å². The molecule has 0 spiro atoms. The van der Waals surface area contributed by atoms with Gasteiger partial charge < -0.3 is 19.7 Å². The first kappa shape index (κ1) is 21.9. The quantitative estimate of drug-likeness (QED) is 0.672. The lowest BCUT2D eigenvalue weighted by molar-refractivity contribution is -0.127. The van der Waals surface area contributed by atoms with Gasteiger partial charge in [0.25, 0.3) is 11.1 Å². The number of rotatable bonds is 6. The Labute approximate surface area is 190 Å². The largest absolute Gasteiger partial charge is 0.497 e. The number of anilines is 2. The Morgan fingerprint density at radius 3 is 2.44 bits per heavy atom. The molecule has 0 unspecified atom stereocenters. The summed E-state index contributed by atoms with van der Waals surface area (Å²) in [4.78, 5) is 40.9. The molecule has 0 bridgehead atoms. The van der Waals surface area contributed by atoms with Gasteiger partial charge >= 0.3 is 0 Å². The molecular formula is C23H23N3O5S. The molecule has 0 aliphatic carbocycles. The third-order valence-electron chi connectivity index (χ3n) is 5.12. The fourth-order valence-corrected chi connectivity index (χ4v) is 4.25. The van der Waals surface area contributed by atoms with Crippen molar-refractivity contribution >= 4 is 46.3 Å². The van der Waals surface area contributed by atoms with Gasteiger partial charge in [0.05, 0.1) is 25.2 Å². The van der Waals surface area contributed by atoms with Crippen LogP contribution < -0.4 is 15.0 Å². The number of hydrogen-bond acceptors (Lipinski definition) is 7.